The summed E-state index contributed by atoms with van der Waals surface area (Å²) in [6.45, 7) is 7.00. The van der Waals surface area contributed by atoms with Gasteiger partial charge in [0.1, 0.15) is 0 Å². The molecule has 0 saturated carbocycles. The lowest BCUT2D eigenvalue weighted by atomic mass is 9.79. The fourth-order valence-electron chi connectivity index (χ4n) is 1.87. The summed E-state index contributed by atoms with van der Waals surface area (Å²) in [5.74, 6) is 2.57. The minimum absolute atomic E-state index is 0. The molecule has 1 aliphatic rings. The molecule has 0 aromatic heterocycles. The van der Waals surface area contributed by atoms with Gasteiger partial charge in [-0.15, -0.1) is 0 Å². The van der Waals surface area contributed by atoms with Crippen LogP contribution in [0.15, 0.2) is 12.2 Å². The average Bonchev–Trinajstić information content (AvgIpc) is 1.88. The van der Waals surface area contributed by atoms with Crippen molar-refractivity contribution in [3.8, 4) is 0 Å². The predicted octanol–water partition coefficient (Wildman–Crippen LogP) is 3.88. The van der Waals surface area contributed by atoms with Crippen LogP contribution >= 0.6 is 0 Å². The van der Waals surface area contributed by atoms with E-state index in [2.05, 4.69) is 32.9 Å². The highest BCUT2D eigenvalue weighted by Gasteiger charge is 2.19. The van der Waals surface area contributed by atoms with Crippen molar-refractivity contribution in [2.45, 2.75) is 41.0 Å². The van der Waals surface area contributed by atoms with Gasteiger partial charge in [0.25, 0.3) is 0 Å². The first-order valence-corrected chi connectivity index (χ1v) is 4.38. The third kappa shape index (κ3) is 2.69. The molecule has 66 valence electrons. The van der Waals surface area contributed by atoms with Crippen LogP contribution in [0.4, 0.5) is 0 Å². The molecule has 2 unspecified atom stereocenters. The Bertz CT molecular complexity index is 122. The highest BCUT2D eigenvalue weighted by atomic mass is 14.2. The van der Waals surface area contributed by atoms with E-state index in [-0.39, 0.29) is 7.43 Å². The maximum atomic E-state index is 2.40. The van der Waals surface area contributed by atoms with E-state index in [1.807, 2.05) is 0 Å². The van der Waals surface area contributed by atoms with Crippen molar-refractivity contribution in [3.05, 3.63) is 12.2 Å². The molecular formula is C11H22. The Kier molecular flexibility index (Phi) is 4.48. The number of hydrogen-bond acceptors (Lipinski definition) is 0. The Hall–Kier alpha value is -0.260. The van der Waals surface area contributed by atoms with Gasteiger partial charge in [-0.3, -0.25) is 0 Å². The molecule has 0 heterocycles. The van der Waals surface area contributed by atoms with Crippen molar-refractivity contribution >= 4 is 0 Å². The van der Waals surface area contributed by atoms with Crippen LogP contribution in [0.3, 0.4) is 0 Å². The molecule has 0 heteroatoms. The zero-order chi connectivity index (χ0) is 7.56. The second-order valence-electron chi connectivity index (χ2n) is 3.80. The Labute approximate surface area is 71.7 Å². The third-order valence-corrected chi connectivity index (χ3v) is 2.57. The van der Waals surface area contributed by atoms with E-state index in [4.69, 9.17) is 0 Å². The maximum absolute atomic E-state index is 2.40. The van der Waals surface area contributed by atoms with Crippen molar-refractivity contribution in [2.24, 2.45) is 17.8 Å². The molecule has 0 saturated heterocycles. The fourth-order valence-corrected chi connectivity index (χ4v) is 1.87. The summed E-state index contributed by atoms with van der Waals surface area (Å²) < 4.78 is 0. The molecule has 0 spiro atoms. The molecule has 0 nitrogen and oxygen atoms in total. The number of hydrogen-bond donors (Lipinski definition) is 0. The Morgan fingerprint density at radius 3 is 2.36 bits per heavy atom. The third-order valence-electron chi connectivity index (χ3n) is 2.57. The van der Waals surface area contributed by atoms with E-state index in [0.717, 1.165) is 17.8 Å². The molecule has 0 aromatic carbocycles. The van der Waals surface area contributed by atoms with Crippen molar-refractivity contribution in [1.29, 1.82) is 0 Å². The molecule has 2 atom stereocenters. The fraction of sp³-hybridized carbons (Fsp3) is 0.818. The molecular weight excluding hydrogens is 132 g/mol. The second kappa shape index (κ2) is 4.58. The zero-order valence-electron chi connectivity index (χ0n) is 7.30. The van der Waals surface area contributed by atoms with Crippen LogP contribution in [0.25, 0.3) is 0 Å². The van der Waals surface area contributed by atoms with Crippen LogP contribution in [0.1, 0.15) is 41.0 Å². The quantitative estimate of drug-likeness (QED) is 0.503. The van der Waals surface area contributed by atoms with Gasteiger partial charge in [0, 0.05) is 0 Å². The summed E-state index contributed by atoms with van der Waals surface area (Å²) in [4.78, 5) is 0. The van der Waals surface area contributed by atoms with Crippen LogP contribution in [0.5, 0.6) is 0 Å². The van der Waals surface area contributed by atoms with Gasteiger partial charge in [0.05, 0.1) is 0 Å². The summed E-state index contributed by atoms with van der Waals surface area (Å²) in [6.07, 6.45) is 7.42. The standard InChI is InChI=1S/C10H18.CH4/c1-8(2)10-7-5-4-6-9(10)3;/h5,7-10H,4,6H2,1-3H3;1H4. The average molecular weight is 154 g/mol. The summed E-state index contributed by atoms with van der Waals surface area (Å²) in [5, 5.41) is 0. The minimum atomic E-state index is 0. The molecule has 0 aromatic rings. The molecule has 1 aliphatic carbocycles. The molecule has 0 bridgehead atoms. The maximum Gasteiger partial charge on any atom is -0.0185 e. The van der Waals surface area contributed by atoms with Crippen molar-refractivity contribution in [2.75, 3.05) is 0 Å². The van der Waals surface area contributed by atoms with Crippen LogP contribution < -0.4 is 0 Å². The first-order chi connectivity index (χ1) is 4.72. The van der Waals surface area contributed by atoms with Gasteiger partial charge in [0.2, 0.25) is 0 Å². The Morgan fingerprint density at radius 1 is 1.36 bits per heavy atom. The summed E-state index contributed by atoms with van der Waals surface area (Å²) in [7, 11) is 0. The van der Waals surface area contributed by atoms with E-state index in [0.29, 0.717) is 0 Å². The molecule has 0 N–H and O–H groups in total. The first kappa shape index (κ1) is 10.7. The van der Waals surface area contributed by atoms with Crippen LogP contribution in [-0.4, -0.2) is 0 Å². The predicted molar refractivity (Wildman–Crippen MR) is 52.6 cm³/mol. The number of allylic oxidation sites excluding steroid dienone is 2. The topological polar surface area (TPSA) is 0 Å². The van der Waals surface area contributed by atoms with Gasteiger partial charge >= 0.3 is 0 Å². The van der Waals surface area contributed by atoms with Gasteiger partial charge in [0.15, 0.2) is 0 Å². The second-order valence-corrected chi connectivity index (χ2v) is 3.80. The largest absolute Gasteiger partial charge is 0.0882 e. The van der Waals surface area contributed by atoms with Gasteiger partial charge < -0.3 is 0 Å². The molecule has 0 aliphatic heterocycles. The van der Waals surface area contributed by atoms with Gasteiger partial charge in [-0.1, -0.05) is 40.3 Å². The van der Waals surface area contributed by atoms with Gasteiger partial charge in [-0.05, 0) is 30.6 Å². The monoisotopic (exact) mass is 154 g/mol. The van der Waals surface area contributed by atoms with Crippen molar-refractivity contribution < 1.29 is 0 Å². The lowest BCUT2D eigenvalue weighted by Gasteiger charge is -2.27. The lowest BCUT2D eigenvalue weighted by Crippen LogP contribution is -2.17. The van der Waals surface area contributed by atoms with E-state index in [1.165, 1.54) is 12.8 Å². The summed E-state index contributed by atoms with van der Waals surface area (Å²) >= 11 is 0. The molecule has 0 fully saturated rings. The van der Waals surface area contributed by atoms with E-state index in [1.54, 1.807) is 0 Å². The smallest absolute Gasteiger partial charge is 0.0185 e. The first-order valence-electron chi connectivity index (χ1n) is 4.38. The van der Waals surface area contributed by atoms with E-state index < -0.39 is 0 Å². The summed E-state index contributed by atoms with van der Waals surface area (Å²) in [5.41, 5.74) is 0. The van der Waals surface area contributed by atoms with Crippen molar-refractivity contribution in [1.82, 2.24) is 0 Å². The minimum Gasteiger partial charge on any atom is -0.0882 e. The highest BCUT2D eigenvalue weighted by molar-refractivity contribution is 4.96. The van der Waals surface area contributed by atoms with E-state index in [9.17, 15) is 0 Å². The molecule has 11 heavy (non-hydrogen) atoms. The molecule has 0 radical (unpaired) electrons. The van der Waals surface area contributed by atoms with E-state index >= 15 is 0 Å². The molecule has 0 amide bonds. The van der Waals surface area contributed by atoms with Gasteiger partial charge in [-0.25, -0.2) is 0 Å². The van der Waals surface area contributed by atoms with Crippen LogP contribution in [0.2, 0.25) is 0 Å². The normalized spacial score (nSPS) is 30.2. The molecule has 1 rings (SSSR count). The highest BCUT2D eigenvalue weighted by Crippen LogP contribution is 2.29. The Balaban J connectivity index is 0.000001000. The number of rotatable bonds is 1. The van der Waals surface area contributed by atoms with Gasteiger partial charge in [-0.2, -0.15) is 0 Å². The van der Waals surface area contributed by atoms with Crippen LogP contribution in [-0.2, 0) is 0 Å². The van der Waals surface area contributed by atoms with Crippen LogP contribution in [0, 0.1) is 17.8 Å². The lowest BCUT2D eigenvalue weighted by molar-refractivity contribution is 0.306. The SMILES string of the molecule is C.CC(C)C1C=CCCC1C. The Morgan fingerprint density at radius 2 is 2.00 bits per heavy atom. The van der Waals surface area contributed by atoms with Crippen molar-refractivity contribution in [3.63, 3.8) is 0 Å². The zero-order valence-corrected chi connectivity index (χ0v) is 7.30. The summed E-state index contributed by atoms with van der Waals surface area (Å²) in [6, 6.07) is 0.